The molecule has 0 radical (unpaired) electrons. The van der Waals surface area contributed by atoms with Crippen molar-refractivity contribution in [3.8, 4) is 0 Å². The van der Waals surface area contributed by atoms with E-state index in [0.29, 0.717) is 12.5 Å². The zero-order chi connectivity index (χ0) is 18.0. The first-order valence-electron chi connectivity index (χ1n) is 8.10. The Hall–Kier alpha value is -2.44. The van der Waals surface area contributed by atoms with Crippen LogP contribution in [-0.4, -0.2) is 33.4 Å². The highest BCUT2D eigenvalue weighted by atomic mass is 19.4. The molecule has 1 aromatic heterocycles. The number of hydrogen-bond donors (Lipinski definition) is 0. The monoisotopic (exact) mass is 349 g/mol. The highest BCUT2D eigenvalue weighted by Crippen LogP contribution is 2.29. The second kappa shape index (κ2) is 6.82. The third-order valence-corrected chi connectivity index (χ3v) is 4.67. The van der Waals surface area contributed by atoms with Gasteiger partial charge in [0.15, 0.2) is 0 Å². The van der Waals surface area contributed by atoms with Gasteiger partial charge in [-0.2, -0.15) is 13.2 Å². The molecule has 0 saturated carbocycles. The van der Waals surface area contributed by atoms with Gasteiger partial charge in [0.05, 0.1) is 5.56 Å². The van der Waals surface area contributed by atoms with E-state index in [1.165, 1.54) is 5.56 Å². The van der Waals surface area contributed by atoms with Crippen LogP contribution in [0.15, 0.2) is 42.7 Å². The Labute approximate surface area is 143 Å². The summed E-state index contributed by atoms with van der Waals surface area (Å²) in [6.07, 6.45) is -0.966. The molecule has 1 saturated heterocycles. The predicted octanol–water partition coefficient (Wildman–Crippen LogP) is 3.59. The molecule has 1 amide bonds. The number of carbonyl (C=O) groups excluding carboxylic acids is 1. The molecular formula is C18H18F3N3O. The number of likely N-dealkylation sites (tertiary alicyclic amines) is 1. The highest BCUT2D eigenvalue weighted by molar-refractivity contribution is 5.94. The van der Waals surface area contributed by atoms with Gasteiger partial charge < -0.3 is 4.90 Å². The van der Waals surface area contributed by atoms with Crippen LogP contribution >= 0.6 is 0 Å². The van der Waals surface area contributed by atoms with Crippen LogP contribution in [0.25, 0.3) is 0 Å². The van der Waals surface area contributed by atoms with Gasteiger partial charge in [-0.25, -0.2) is 9.97 Å². The Morgan fingerprint density at radius 1 is 1.20 bits per heavy atom. The van der Waals surface area contributed by atoms with Crippen molar-refractivity contribution in [1.82, 2.24) is 14.9 Å². The van der Waals surface area contributed by atoms with E-state index in [1.54, 1.807) is 4.90 Å². The summed E-state index contributed by atoms with van der Waals surface area (Å²) in [6, 6.07) is 10.0. The zero-order valence-corrected chi connectivity index (χ0v) is 13.7. The van der Waals surface area contributed by atoms with Crippen LogP contribution < -0.4 is 0 Å². The quantitative estimate of drug-likeness (QED) is 0.851. The minimum Gasteiger partial charge on any atom is -0.336 e. The van der Waals surface area contributed by atoms with Gasteiger partial charge in [0.25, 0.3) is 5.91 Å². The van der Waals surface area contributed by atoms with E-state index in [-0.39, 0.29) is 17.5 Å². The summed E-state index contributed by atoms with van der Waals surface area (Å²) in [7, 11) is 0. The Kier molecular flexibility index (Phi) is 4.74. The number of nitrogens with zero attached hydrogens (tertiary/aromatic N) is 3. The van der Waals surface area contributed by atoms with Gasteiger partial charge in [-0.3, -0.25) is 4.79 Å². The molecule has 2 aromatic rings. The van der Waals surface area contributed by atoms with E-state index in [9.17, 15) is 18.0 Å². The number of aromatic nitrogens is 2. The number of rotatable bonds is 3. The van der Waals surface area contributed by atoms with E-state index in [4.69, 9.17) is 0 Å². The van der Waals surface area contributed by atoms with Crippen molar-refractivity contribution in [2.24, 2.45) is 5.92 Å². The summed E-state index contributed by atoms with van der Waals surface area (Å²) < 4.78 is 37.6. The molecule has 0 bridgehead atoms. The largest absolute Gasteiger partial charge is 0.451 e. The SMILES string of the molecule is CC1C(Cc2ccccc2)CCN1C(=O)c1cnc(C(F)(F)F)nc1. The van der Waals surface area contributed by atoms with E-state index in [1.807, 2.05) is 25.1 Å². The maximum Gasteiger partial charge on any atom is 0.451 e. The van der Waals surface area contributed by atoms with Crippen molar-refractivity contribution in [2.45, 2.75) is 32.0 Å². The number of amides is 1. The number of benzene rings is 1. The van der Waals surface area contributed by atoms with Crippen molar-refractivity contribution >= 4 is 5.91 Å². The topological polar surface area (TPSA) is 46.1 Å². The second-order valence-electron chi connectivity index (χ2n) is 6.27. The first kappa shape index (κ1) is 17.4. The molecule has 2 unspecified atom stereocenters. The van der Waals surface area contributed by atoms with Gasteiger partial charge in [-0.15, -0.1) is 0 Å². The van der Waals surface area contributed by atoms with Gasteiger partial charge in [0.1, 0.15) is 0 Å². The van der Waals surface area contributed by atoms with Gasteiger partial charge in [-0.1, -0.05) is 30.3 Å². The lowest BCUT2D eigenvalue weighted by molar-refractivity contribution is -0.145. The van der Waals surface area contributed by atoms with Crippen molar-refractivity contribution in [3.05, 3.63) is 59.7 Å². The van der Waals surface area contributed by atoms with Crippen LogP contribution in [0.4, 0.5) is 13.2 Å². The molecule has 1 aromatic carbocycles. The maximum absolute atomic E-state index is 12.6. The standard InChI is InChI=1S/C18H18F3N3O/c1-12-14(9-13-5-3-2-4-6-13)7-8-24(12)16(25)15-10-22-17(23-11-15)18(19,20)21/h2-6,10-12,14H,7-9H2,1H3. The van der Waals surface area contributed by atoms with E-state index in [0.717, 1.165) is 25.2 Å². The van der Waals surface area contributed by atoms with Crippen molar-refractivity contribution in [3.63, 3.8) is 0 Å². The molecule has 2 atom stereocenters. The minimum absolute atomic E-state index is 0.00926. The highest BCUT2D eigenvalue weighted by Gasteiger charge is 2.36. The van der Waals surface area contributed by atoms with Crippen LogP contribution in [0.3, 0.4) is 0 Å². The van der Waals surface area contributed by atoms with Crippen LogP contribution in [-0.2, 0) is 12.6 Å². The van der Waals surface area contributed by atoms with Gasteiger partial charge in [0, 0.05) is 25.0 Å². The average molecular weight is 349 g/mol. The third kappa shape index (κ3) is 3.81. The lowest BCUT2D eigenvalue weighted by Crippen LogP contribution is -2.36. The molecule has 0 aliphatic carbocycles. The van der Waals surface area contributed by atoms with Crippen LogP contribution in [0.5, 0.6) is 0 Å². The molecule has 7 heteroatoms. The molecule has 1 aliphatic heterocycles. The Balaban J connectivity index is 1.69. The molecule has 1 aliphatic rings. The van der Waals surface area contributed by atoms with Gasteiger partial charge in [-0.05, 0) is 31.2 Å². The molecule has 3 rings (SSSR count). The normalized spacial score (nSPS) is 20.7. The smallest absolute Gasteiger partial charge is 0.336 e. The third-order valence-electron chi connectivity index (χ3n) is 4.67. The number of hydrogen-bond acceptors (Lipinski definition) is 3. The Morgan fingerprint density at radius 3 is 2.44 bits per heavy atom. The number of alkyl halides is 3. The number of halogens is 3. The molecule has 2 heterocycles. The average Bonchev–Trinajstić information content (AvgIpc) is 2.95. The second-order valence-corrected chi connectivity index (χ2v) is 6.27. The molecule has 25 heavy (non-hydrogen) atoms. The fourth-order valence-electron chi connectivity index (χ4n) is 3.23. The molecule has 4 nitrogen and oxygen atoms in total. The van der Waals surface area contributed by atoms with Crippen LogP contribution in [0.2, 0.25) is 0 Å². The summed E-state index contributed by atoms with van der Waals surface area (Å²) in [4.78, 5) is 20.8. The van der Waals surface area contributed by atoms with Gasteiger partial charge in [0.2, 0.25) is 5.82 Å². The summed E-state index contributed by atoms with van der Waals surface area (Å²) in [6.45, 7) is 2.56. The maximum atomic E-state index is 12.6. The Morgan fingerprint density at radius 2 is 1.84 bits per heavy atom. The van der Waals surface area contributed by atoms with E-state index < -0.39 is 12.0 Å². The molecule has 0 N–H and O–H groups in total. The summed E-state index contributed by atoms with van der Waals surface area (Å²) in [5.41, 5.74) is 1.30. The summed E-state index contributed by atoms with van der Waals surface area (Å²) in [5, 5.41) is 0. The van der Waals surface area contributed by atoms with E-state index in [2.05, 4.69) is 22.1 Å². The van der Waals surface area contributed by atoms with Crippen molar-refractivity contribution in [2.75, 3.05) is 6.54 Å². The lowest BCUT2D eigenvalue weighted by Gasteiger charge is -2.25. The van der Waals surface area contributed by atoms with Gasteiger partial charge >= 0.3 is 6.18 Å². The first-order chi connectivity index (χ1) is 11.9. The fraction of sp³-hybridized carbons (Fsp3) is 0.389. The fourth-order valence-corrected chi connectivity index (χ4v) is 3.23. The molecule has 0 spiro atoms. The summed E-state index contributed by atoms with van der Waals surface area (Å²) in [5.74, 6) is -1.24. The minimum atomic E-state index is -4.61. The zero-order valence-electron chi connectivity index (χ0n) is 13.7. The molecular weight excluding hydrogens is 331 g/mol. The number of carbonyl (C=O) groups is 1. The van der Waals surface area contributed by atoms with E-state index >= 15 is 0 Å². The predicted molar refractivity (Wildman–Crippen MR) is 85.8 cm³/mol. The van der Waals surface area contributed by atoms with Crippen molar-refractivity contribution in [1.29, 1.82) is 0 Å². The lowest BCUT2D eigenvalue weighted by atomic mass is 9.93. The van der Waals surface area contributed by atoms with Crippen LogP contribution in [0.1, 0.15) is 35.1 Å². The van der Waals surface area contributed by atoms with Crippen molar-refractivity contribution < 1.29 is 18.0 Å². The van der Waals surface area contributed by atoms with Crippen LogP contribution in [0, 0.1) is 5.92 Å². The molecule has 1 fully saturated rings. The summed E-state index contributed by atoms with van der Waals surface area (Å²) >= 11 is 0. The Bertz CT molecular complexity index is 731. The first-order valence-corrected chi connectivity index (χ1v) is 8.10. The molecule has 132 valence electrons.